The maximum Gasteiger partial charge on any atom is 0.323 e. The second kappa shape index (κ2) is 47.3. The number of nitrogens with zero attached hydrogens (tertiary/aromatic N) is 4. The Balaban J connectivity index is 2.90. The smallest absolute Gasteiger partial charge is 0.323 e. The molecule has 15 atom stereocenters. The predicted octanol–water partition coefficient (Wildman–Crippen LogP) is -11.7. The fourth-order valence-electron chi connectivity index (χ4n) is 10.5. The molecule has 99 heavy (non-hydrogen) atoms. The van der Waals surface area contributed by atoms with E-state index in [0.717, 1.165) is 0 Å². The van der Waals surface area contributed by atoms with Gasteiger partial charge in [0.05, 0.1) is 54.4 Å². The monoisotopic (exact) mass is 1430 g/mol. The lowest BCUT2D eigenvalue weighted by Crippen LogP contribution is -2.61. The van der Waals surface area contributed by atoms with Crippen molar-refractivity contribution in [2.24, 2.45) is 5.41 Å². The highest BCUT2D eigenvalue weighted by molar-refractivity contribution is 5.94. The van der Waals surface area contributed by atoms with Gasteiger partial charge in [0.1, 0.15) is 73.6 Å². The first kappa shape index (κ1) is 88.2. The summed E-state index contributed by atoms with van der Waals surface area (Å²) in [6.45, 7) is -5.52. The van der Waals surface area contributed by atoms with Crippen LogP contribution in [-0.2, 0) is 78.1 Å². The Kier molecular flexibility index (Phi) is 42.2. The summed E-state index contributed by atoms with van der Waals surface area (Å²) in [5, 5.41) is 162. The van der Waals surface area contributed by atoms with Crippen molar-refractivity contribution in [3.63, 3.8) is 0 Å². The van der Waals surface area contributed by atoms with Crippen molar-refractivity contribution in [3.8, 4) is 0 Å². The number of carbonyl (C=O) groups is 10. The van der Waals surface area contributed by atoms with Crippen LogP contribution >= 0.6 is 0 Å². The van der Waals surface area contributed by atoms with Crippen LogP contribution in [0.5, 0.6) is 0 Å². The van der Waals surface area contributed by atoms with Crippen LogP contribution in [0.2, 0.25) is 0 Å². The first-order valence-electron chi connectivity index (χ1n) is 31.6. The topological polar surface area (TPSA) is 591 Å². The van der Waals surface area contributed by atoms with Crippen molar-refractivity contribution >= 4 is 61.0 Å². The Morgan fingerprint density at radius 2 is 0.889 bits per heavy atom. The van der Waals surface area contributed by atoms with E-state index in [0.29, 0.717) is 18.4 Å². The fraction of sp³-hybridized carbons (Fsp3) is 0.733. The molecule has 566 valence electrons. The number of rotatable bonds is 47. The van der Waals surface area contributed by atoms with Crippen LogP contribution < -0.4 is 21.3 Å². The quantitative estimate of drug-likeness (QED) is 0.0125. The summed E-state index contributed by atoms with van der Waals surface area (Å²) in [5.41, 5.74) is -1.83. The Bertz CT molecular complexity index is 2500. The Morgan fingerprint density at radius 1 is 0.495 bits per heavy atom. The number of benzene rings is 1. The third kappa shape index (κ3) is 29.7. The molecule has 1 aliphatic heterocycles. The molecule has 19 N–H and O–H groups in total. The molecule has 0 saturated carbocycles. The molecule has 15 unspecified atom stereocenters. The van der Waals surface area contributed by atoms with Gasteiger partial charge in [-0.05, 0) is 49.8 Å². The second-order valence-electron chi connectivity index (χ2n) is 23.4. The molecular weight excluding hydrogens is 1330 g/mol. The maximum absolute atomic E-state index is 14.6. The molecule has 1 fully saturated rings. The molecule has 0 spiro atoms. The van der Waals surface area contributed by atoms with Gasteiger partial charge >= 0.3 is 17.9 Å². The number of hydrogen-bond donors (Lipinski definition) is 19. The van der Waals surface area contributed by atoms with Crippen molar-refractivity contribution < 1.29 is 153 Å². The van der Waals surface area contributed by atoms with Crippen LogP contribution in [0.3, 0.4) is 0 Å². The van der Waals surface area contributed by atoms with Crippen molar-refractivity contribution in [1.82, 2.24) is 40.9 Å². The van der Waals surface area contributed by atoms with Gasteiger partial charge in [-0.15, -0.1) is 0 Å². The Labute approximate surface area is 570 Å². The number of esters is 3. The minimum atomic E-state index is -2.63. The second-order valence-corrected chi connectivity index (χ2v) is 23.4. The molecule has 1 aromatic carbocycles. The zero-order valence-corrected chi connectivity index (χ0v) is 55.4. The summed E-state index contributed by atoms with van der Waals surface area (Å²) in [7, 11) is 3.56. The van der Waals surface area contributed by atoms with Crippen molar-refractivity contribution in [1.29, 1.82) is 0 Å². The molecule has 1 saturated heterocycles. The molecule has 1 heterocycles. The van der Waals surface area contributed by atoms with Gasteiger partial charge in [-0.1, -0.05) is 12.1 Å². The van der Waals surface area contributed by atoms with Gasteiger partial charge in [-0.3, -0.25) is 67.5 Å². The maximum atomic E-state index is 14.6. The summed E-state index contributed by atoms with van der Waals surface area (Å²) in [6, 6.07) is 3.40. The average Bonchev–Trinajstić information content (AvgIpc) is 0.843. The molecule has 4 amide bonds. The Morgan fingerprint density at radius 3 is 1.30 bits per heavy atom. The highest BCUT2D eigenvalue weighted by Gasteiger charge is 2.42. The molecule has 0 aromatic heterocycles. The van der Waals surface area contributed by atoms with Crippen LogP contribution in [-0.4, -0.2) is 388 Å². The lowest BCUT2D eigenvalue weighted by molar-refractivity contribution is -0.151. The standard InChI is InChI=1S/C60H100N8O31/c1-94-44(78)12-11-40(59(93)96-3)67-16-14-65(13-15-66(38(28-99-35-74)9-5-21-97-33-72)17-18-68(20-19-67)39(58(92)95-2)10-6-22-98-34-73)24-36-7-4-8-37(23-36)54(88)61-29-60(30-62-55(89)51(85)48(82)45(79)41(75)25-69,31-63-56(90)52(86)49(83)46(80)42(76)26-70)32-64-57(91)53(87)50(84)47(81)43(77)27-71/h4,7-8,23,33-35,38-43,45-53,69-71,75-77,79-87H,5-6,9-22,24-32H2,1-3H3,(H,61,88)(H,62,89)(H,63,90)(H,64,91). The van der Waals surface area contributed by atoms with E-state index in [4.69, 9.17) is 28.4 Å². The SMILES string of the molecule is COC(=O)CCC(C(=O)OC)N1CCN(Cc2cccc(C(=O)NCC(CNC(=O)C(O)C(O)C(O)C(O)CO)(CNC(=O)C(O)C(O)C(O)C(O)CO)CNC(=O)C(O)C(O)C(O)C(O)CO)c2)CCN(C(CCCOC=O)COC=O)CCN(C(CCCOC=O)C(=O)OC)CC1. The summed E-state index contributed by atoms with van der Waals surface area (Å²) >= 11 is 0. The van der Waals surface area contributed by atoms with E-state index >= 15 is 0 Å². The van der Waals surface area contributed by atoms with E-state index in [1.54, 1.807) is 11.0 Å². The van der Waals surface area contributed by atoms with Crippen molar-refractivity contribution in [2.75, 3.05) is 140 Å². The van der Waals surface area contributed by atoms with Gasteiger partial charge in [0.25, 0.3) is 43.0 Å². The van der Waals surface area contributed by atoms with Gasteiger partial charge in [0, 0.05) is 109 Å². The molecule has 2 rings (SSSR count). The minimum Gasteiger partial charge on any atom is -0.469 e. The molecule has 0 aliphatic carbocycles. The van der Waals surface area contributed by atoms with E-state index < -0.39 is 184 Å². The number of aliphatic hydroxyl groups excluding tert-OH is 15. The van der Waals surface area contributed by atoms with Crippen molar-refractivity contribution in [3.05, 3.63) is 35.4 Å². The summed E-state index contributed by atoms with van der Waals surface area (Å²) < 4.78 is 30.6. The summed E-state index contributed by atoms with van der Waals surface area (Å²) in [5.74, 6) is -7.59. The normalized spacial score (nSPS) is 19.1. The van der Waals surface area contributed by atoms with Gasteiger partial charge in [-0.25, -0.2) is 0 Å². The van der Waals surface area contributed by atoms with Gasteiger partial charge in [0.2, 0.25) is 0 Å². The summed E-state index contributed by atoms with van der Waals surface area (Å²) in [4.78, 5) is 137. The number of amides is 4. The number of methoxy groups -OCH3 is 3. The number of carbonyl (C=O) groups excluding carboxylic acids is 10. The molecule has 0 bridgehead atoms. The van der Waals surface area contributed by atoms with Gasteiger partial charge in [-0.2, -0.15) is 0 Å². The molecule has 1 aromatic rings. The summed E-state index contributed by atoms with van der Waals surface area (Å²) in [6.07, 6.45) is -28.0. The lowest BCUT2D eigenvalue weighted by Gasteiger charge is -2.40. The number of aliphatic hydroxyl groups is 15. The van der Waals surface area contributed by atoms with Crippen LogP contribution in [0.25, 0.3) is 0 Å². The van der Waals surface area contributed by atoms with Crippen molar-refractivity contribution in [2.45, 2.75) is 136 Å². The molecule has 39 nitrogen and oxygen atoms in total. The molecular formula is C60H100N8O31. The van der Waals surface area contributed by atoms with Gasteiger partial charge in [0.15, 0.2) is 18.3 Å². The highest BCUT2D eigenvalue weighted by atomic mass is 16.5. The predicted molar refractivity (Wildman–Crippen MR) is 335 cm³/mol. The Hall–Kier alpha value is -6.84. The average molecular weight is 1430 g/mol. The number of ether oxygens (including phenoxy) is 6. The first-order chi connectivity index (χ1) is 47.1. The van der Waals surface area contributed by atoms with E-state index in [-0.39, 0.29) is 129 Å². The van der Waals surface area contributed by atoms with Crippen LogP contribution in [0, 0.1) is 5.41 Å². The lowest BCUT2D eigenvalue weighted by atomic mass is 9.86. The highest BCUT2D eigenvalue weighted by Crippen LogP contribution is 2.21. The zero-order chi connectivity index (χ0) is 74.4. The van der Waals surface area contributed by atoms with E-state index in [1.165, 1.54) is 39.5 Å². The third-order valence-corrected chi connectivity index (χ3v) is 16.7. The molecule has 0 radical (unpaired) electrons. The fourth-order valence-corrected chi connectivity index (χ4v) is 10.5. The van der Waals surface area contributed by atoms with Gasteiger partial charge < -0.3 is 126 Å². The number of nitrogens with one attached hydrogen (secondary N) is 4. The third-order valence-electron chi connectivity index (χ3n) is 16.7. The van der Waals surface area contributed by atoms with Crippen LogP contribution in [0.4, 0.5) is 0 Å². The molecule has 1 aliphatic rings. The van der Waals surface area contributed by atoms with Crippen LogP contribution in [0.15, 0.2) is 24.3 Å². The molecule has 39 heteroatoms. The van der Waals surface area contributed by atoms with E-state index in [1.807, 2.05) is 14.7 Å². The zero-order valence-electron chi connectivity index (χ0n) is 55.4. The van der Waals surface area contributed by atoms with E-state index in [2.05, 4.69) is 21.3 Å². The minimum absolute atomic E-state index is 0.0164. The van der Waals surface area contributed by atoms with Crippen LogP contribution in [0.1, 0.15) is 54.4 Å². The largest absolute Gasteiger partial charge is 0.469 e. The number of hydrogen-bond acceptors (Lipinski definition) is 35. The van der Waals surface area contributed by atoms with E-state index in [9.17, 15) is 125 Å². The first-order valence-corrected chi connectivity index (χ1v) is 31.6.